The van der Waals surface area contributed by atoms with E-state index in [2.05, 4.69) is 10.3 Å². The van der Waals surface area contributed by atoms with Gasteiger partial charge < -0.3 is 28.4 Å². The van der Waals surface area contributed by atoms with Gasteiger partial charge in [0.05, 0.1) is 5.69 Å². The minimum atomic E-state index is -1.37. The van der Waals surface area contributed by atoms with Gasteiger partial charge in [0.1, 0.15) is 18.5 Å². The van der Waals surface area contributed by atoms with Gasteiger partial charge in [-0.25, -0.2) is 0 Å². The van der Waals surface area contributed by atoms with E-state index in [1.165, 1.54) is 13.0 Å². The third kappa shape index (κ3) is 10.8. The molecule has 0 radical (unpaired) electrons. The molecule has 14 heteroatoms. The first-order valence-corrected chi connectivity index (χ1v) is 13.8. The number of carbonyl (C=O) groups is 5. The largest absolute Gasteiger partial charge is 0.463 e. The first-order chi connectivity index (χ1) is 21.3. The lowest BCUT2D eigenvalue weighted by atomic mass is 9.98. The van der Waals surface area contributed by atoms with E-state index < -0.39 is 54.6 Å². The summed E-state index contributed by atoms with van der Waals surface area (Å²) in [5, 5.41) is 9.51. The summed E-state index contributed by atoms with van der Waals surface area (Å²) in [6.07, 6.45) is -3.47. The predicted octanol–water partition coefficient (Wildman–Crippen LogP) is 3.60. The molecule has 0 unspecified atom stereocenters. The van der Waals surface area contributed by atoms with Crippen LogP contribution in [0.15, 0.2) is 64.9 Å². The summed E-state index contributed by atoms with van der Waals surface area (Å²) in [6.45, 7) is 4.21. The Balaban J connectivity index is 1.79. The molecule has 5 atom stereocenters. The van der Waals surface area contributed by atoms with Gasteiger partial charge in [0.15, 0.2) is 18.0 Å². The Morgan fingerprint density at radius 1 is 0.778 bits per heavy atom. The van der Waals surface area contributed by atoms with Crippen LogP contribution in [0.1, 0.15) is 43.6 Å². The van der Waals surface area contributed by atoms with Crippen LogP contribution in [0.5, 0.6) is 5.75 Å². The van der Waals surface area contributed by atoms with Crippen molar-refractivity contribution in [1.82, 2.24) is 5.01 Å². The molecule has 240 valence electrons. The lowest BCUT2D eigenvalue weighted by molar-refractivity contribution is -0.288. The van der Waals surface area contributed by atoms with Gasteiger partial charge in [-0.15, -0.1) is 5.11 Å². The van der Waals surface area contributed by atoms with Crippen LogP contribution in [0, 0.1) is 0 Å². The Morgan fingerprint density at radius 3 is 1.91 bits per heavy atom. The van der Waals surface area contributed by atoms with E-state index in [1.807, 2.05) is 0 Å². The van der Waals surface area contributed by atoms with Crippen molar-refractivity contribution in [3.63, 3.8) is 0 Å². The number of carbonyl (C=O) groups excluding carboxylic acids is 5. The Kier molecular flexibility index (Phi) is 12.3. The van der Waals surface area contributed by atoms with E-state index in [9.17, 15) is 24.0 Å². The minimum Gasteiger partial charge on any atom is -0.463 e. The number of allylic oxidation sites excluding steroid dienone is 1. The van der Waals surface area contributed by atoms with Gasteiger partial charge in [0, 0.05) is 47.4 Å². The van der Waals surface area contributed by atoms with Gasteiger partial charge in [-0.1, -0.05) is 23.4 Å². The van der Waals surface area contributed by atoms with E-state index in [0.717, 1.165) is 20.8 Å². The maximum absolute atomic E-state index is 12.6. The zero-order valence-corrected chi connectivity index (χ0v) is 25.7. The molecule has 14 nitrogen and oxygen atoms in total. The molecule has 3 rings (SSSR count). The van der Waals surface area contributed by atoms with Crippen LogP contribution in [-0.4, -0.2) is 86.1 Å². The molecule has 0 spiro atoms. The van der Waals surface area contributed by atoms with Crippen molar-refractivity contribution >= 4 is 41.4 Å². The van der Waals surface area contributed by atoms with E-state index in [1.54, 1.807) is 73.7 Å². The third-order valence-electron chi connectivity index (χ3n) is 6.00. The fraction of sp³-hybridized carbons (Fsp3) is 0.387. The molecule has 0 aliphatic carbocycles. The molecule has 2 aromatic carbocycles. The number of hydrogen-bond donors (Lipinski definition) is 0. The van der Waals surface area contributed by atoms with Crippen molar-refractivity contribution in [2.45, 2.75) is 58.4 Å². The fourth-order valence-electron chi connectivity index (χ4n) is 4.18. The number of hydrogen-bond acceptors (Lipinski definition) is 13. The SMILES string of the molecule is CC(=O)OC[C@@H]1O[C@H](Oc2ccc(/C=C/C(=O)c3ccc(/N=N/N(C)C)cc3)cc2)[C@@H](OC(C)=O)[C@H](OC(C)=O)[C@H]1OC(C)=O. The van der Waals surface area contributed by atoms with Gasteiger partial charge in [0.2, 0.25) is 12.4 Å². The Labute approximate surface area is 259 Å². The molecule has 0 saturated carbocycles. The highest BCUT2D eigenvalue weighted by molar-refractivity contribution is 6.06. The van der Waals surface area contributed by atoms with Crippen LogP contribution in [0.25, 0.3) is 6.08 Å². The molecule has 2 aromatic rings. The van der Waals surface area contributed by atoms with Crippen molar-refractivity contribution in [2.75, 3.05) is 20.7 Å². The molecular weight excluding hydrogens is 590 g/mol. The molecule has 45 heavy (non-hydrogen) atoms. The van der Waals surface area contributed by atoms with Crippen LogP contribution in [0.3, 0.4) is 0 Å². The quantitative estimate of drug-likeness (QED) is 0.0840. The Morgan fingerprint density at radius 2 is 1.36 bits per heavy atom. The molecule has 1 aliphatic rings. The Bertz CT molecular complexity index is 1420. The van der Waals surface area contributed by atoms with Crippen molar-refractivity contribution in [2.24, 2.45) is 10.3 Å². The van der Waals surface area contributed by atoms with Gasteiger partial charge in [0.25, 0.3) is 0 Å². The summed E-state index contributed by atoms with van der Waals surface area (Å²) in [5.74, 6) is -2.81. The molecule has 0 amide bonds. The van der Waals surface area contributed by atoms with Crippen molar-refractivity contribution in [3.8, 4) is 5.75 Å². The first-order valence-electron chi connectivity index (χ1n) is 13.8. The number of ketones is 1. The summed E-state index contributed by atoms with van der Waals surface area (Å²) in [4.78, 5) is 60.1. The van der Waals surface area contributed by atoms with Gasteiger partial charge in [-0.05, 0) is 48.0 Å². The monoisotopic (exact) mass is 625 g/mol. The third-order valence-corrected chi connectivity index (χ3v) is 6.00. The molecule has 1 heterocycles. The molecular formula is C31H35N3O11. The second-order valence-electron chi connectivity index (χ2n) is 10.0. The maximum atomic E-state index is 12.6. The first kappa shape index (κ1) is 34.4. The highest BCUT2D eigenvalue weighted by Gasteiger charge is 2.53. The standard InChI is InChI=1S/C31H35N3O11/c1-18(35)40-17-27-28(41-19(2)36)29(42-20(3)37)30(43-21(4)38)31(45-27)44-25-14-7-22(8-15-25)9-16-26(39)23-10-12-24(13-11-23)32-33-34(5)6/h7-16,27-31H,17H2,1-6H3/b16-9+,33-32+/t27-,28-,29+,30-,31-/m0/s1. The normalized spacial score (nSPS) is 21.2. The van der Waals surface area contributed by atoms with Crippen LogP contribution < -0.4 is 4.74 Å². The summed E-state index contributed by atoms with van der Waals surface area (Å²) in [5.41, 5.74) is 1.75. The maximum Gasteiger partial charge on any atom is 0.303 e. The van der Waals surface area contributed by atoms with Crippen molar-refractivity contribution < 1.29 is 52.4 Å². The molecule has 0 bridgehead atoms. The van der Waals surface area contributed by atoms with E-state index in [4.69, 9.17) is 28.4 Å². The fourth-order valence-corrected chi connectivity index (χ4v) is 4.18. The number of ether oxygens (including phenoxy) is 6. The average Bonchev–Trinajstić information content (AvgIpc) is 2.97. The smallest absolute Gasteiger partial charge is 0.303 e. The predicted molar refractivity (Wildman–Crippen MR) is 157 cm³/mol. The number of nitrogens with zero attached hydrogens (tertiary/aromatic N) is 3. The topological polar surface area (TPSA) is 169 Å². The molecule has 0 N–H and O–H groups in total. The van der Waals surface area contributed by atoms with E-state index >= 15 is 0 Å². The zero-order chi connectivity index (χ0) is 33.1. The molecule has 1 aliphatic heterocycles. The number of benzene rings is 2. The summed E-state index contributed by atoms with van der Waals surface area (Å²) < 4.78 is 33.2. The average molecular weight is 626 g/mol. The lowest BCUT2D eigenvalue weighted by Gasteiger charge is -2.43. The van der Waals surface area contributed by atoms with Crippen LogP contribution in [-0.2, 0) is 42.9 Å². The Hall–Kier alpha value is -5.11. The van der Waals surface area contributed by atoms with Gasteiger partial charge in [-0.2, -0.15) is 0 Å². The number of rotatable bonds is 12. The highest BCUT2D eigenvalue weighted by atomic mass is 16.7. The summed E-state index contributed by atoms with van der Waals surface area (Å²) in [7, 11) is 3.50. The molecule has 1 saturated heterocycles. The van der Waals surface area contributed by atoms with Crippen molar-refractivity contribution in [3.05, 3.63) is 65.7 Å². The van der Waals surface area contributed by atoms with Crippen LogP contribution in [0.4, 0.5) is 5.69 Å². The summed E-state index contributed by atoms with van der Waals surface area (Å²) >= 11 is 0. The highest BCUT2D eigenvalue weighted by Crippen LogP contribution is 2.31. The second kappa shape index (κ2) is 16.1. The van der Waals surface area contributed by atoms with Gasteiger partial charge in [-0.3, -0.25) is 29.0 Å². The van der Waals surface area contributed by atoms with Crippen LogP contribution >= 0.6 is 0 Å². The van der Waals surface area contributed by atoms with Gasteiger partial charge >= 0.3 is 23.9 Å². The van der Waals surface area contributed by atoms with Crippen molar-refractivity contribution in [1.29, 1.82) is 0 Å². The summed E-state index contributed by atoms with van der Waals surface area (Å²) in [6, 6.07) is 13.2. The van der Waals surface area contributed by atoms with Crippen LogP contribution in [0.2, 0.25) is 0 Å². The molecule has 1 fully saturated rings. The van der Waals surface area contributed by atoms with E-state index in [-0.39, 0.29) is 18.1 Å². The minimum absolute atomic E-state index is 0.219. The lowest BCUT2D eigenvalue weighted by Crippen LogP contribution is -2.63. The zero-order valence-electron chi connectivity index (χ0n) is 25.7. The second-order valence-corrected chi connectivity index (χ2v) is 10.0. The number of esters is 4. The molecule has 0 aromatic heterocycles. The van der Waals surface area contributed by atoms with E-state index in [0.29, 0.717) is 16.8 Å².